The molecule has 1 amide bonds. The number of ether oxygens (including phenoxy) is 2. The van der Waals surface area contributed by atoms with Gasteiger partial charge in [-0.05, 0) is 30.7 Å². The molecule has 0 N–H and O–H groups in total. The molecule has 6 heteroatoms. The van der Waals surface area contributed by atoms with Gasteiger partial charge >= 0.3 is 0 Å². The van der Waals surface area contributed by atoms with Crippen LogP contribution >= 0.6 is 0 Å². The summed E-state index contributed by atoms with van der Waals surface area (Å²) in [6.45, 7) is 6.12. The highest BCUT2D eigenvalue weighted by Gasteiger charge is 2.43. The van der Waals surface area contributed by atoms with Crippen LogP contribution in [0.2, 0.25) is 0 Å². The van der Waals surface area contributed by atoms with E-state index in [9.17, 15) is 4.79 Å². The number of aromatic nitrogens is 1. The fraction of sp³-hybridized carbons (Fsp3) is 0.429. The zero-order chi connectivity index (χ0) is 18.7. The Balaban J connectivity index is 1.53. The number of rotatable bonds is 3. The minimum atomic E-state index is -0.516. The first-order valence-corrected chi connectivity index (χ1v) is 9.34. The van der Waals surface area contributed by atoms with Gasteiger partial charge in [-0.25, -0.2) is 0 Å². The van der Waals surface area contributed by atoms with Crippen LogP contribution in [0.3, 0.4) is 0 Å². The highest BCUT2D eigenvalue weighted by atomic mass is 16.6. The topological polar surface area (TPSA) is 54.9 Å². The fourth-order valence-corrected chi connectivity index (χ4v) is 3.73. The molecule has 3 heterocycles. The second-order valence-electron chi connectivity index (χ2n) is 7.41. The van der Waals surface area contributed by atoms with Gasteiger partial charge in [0, 0.05) is 37.7 Å². The van der Waals surface area contributed by atoms with E-state index in [1.54, 1.807) is 6.20 Å². The average molecular weight is 367 g/mol. The van der Waals surface area contributed by atoms with Crippen LogP contribution in [0.1, 0.15) is 11.1 Å². The number of amides is 1. The Morgan fingerprint density at radius 1 is 1.19 bits per heavy atom. The third-order valence-electron chi connectivity index (χ3n) is 5.15. The van der Waals surface area contributed by atoms with E-state index in [0.717, 1.165) is 30.9 Å². The van der Waals surface area contributed by atoms with Crippen LogP contribution in [0.4, 0.5) is 5.69 Å². The molecule has 2 aliphatic heterocycles. The lowest BCUT2D eigenvalue weighted by molar-refractivity contribution is -0.146. The van der Waals surface area contributed by atoms with Crippen LogP contribution in [0, 0.1) is 6.92 Å². The number of carbonyl (C=O) groups is 1. The first-order valence-electron chi connectivity index (χ1n) is 9.34. The smallest absolute Gasteiger partial charge is 0.253 e. The number of morpholine rings is 1. The zero-order valence-electron chi connectivity index (χ0n) is 15.6. The lowest BCUT2D eigenvalue weighted by atomic mass is 10.0. The largest absolute Gasteiger partial charge is 0.377 e. The summed E-state index contributed by atoms with van der Waals surface area (Å²) >= 11 is 0. The third kappa shape index (κ3) is 4.18. The molecule has 0 aliphatic carbocycles. The van der Waals surface area contributed by atoms with Crippen LogP contribution in [-0.4, -0.2) is 60.8 Å². The van der Waals surface area contributed by atoms with Crippen molar-refractivity contribution in [1.82, 2.24) is 9.88 Å². The molecule has 2 fully saturated rings. The monoisotopic (exact) mass is 367 g/mol. The van der Waals surface area contributed by atoms with Gasteiger partial charge in [-0.15, -0.1) is 0 Å². The number of aryl methyl sites for hydroxylation is 1. The Bertz CT molecular complexity index is 781. The number of nitrogens with zero attached hydrogens (tertiary/aromatic N) is 3. The van der Waals surface area contributed by atoms with Gasteiger partial charge in [-0.3, -0.25) is 14.7 Å². The second kappa shape index (κ2) is 7.76. The number of hydrogen-bond acceptors (Lipinski definition) is 5. The maximum Gasteiger partial charge on any atom is 0.253 e. The van der Waals surface area contributed by atoms with Crippen LogP contribution in [0.25, 0.3) is 0 Å². The van der Waals surface area contributed by atoms with Gasteiger partial charge in [-0.2, -0.15) is 0 Å². The van der Waals surface area contributed by atoms with E-state index >= 15 is 0 Å². The van der Waals surface area contributed by atoms with Crippen LogP contribution in [0.15, 0.2) is 48.8 Å². The molecule has 2 saturated heterocycles. The summed E-state index contributed by atoms with van der Waals surface area (Å²) in [5, 5.41) is 0. The molecule has 1 spiro atoms. The average Bonchev–Trinajstić information content (AvgIpc) is 2.88. The van der Waals surface area contributed by atoms with Crippen LogP contribution in [0.5, 0.6) is 0 Å². The molecular formula is C21H25N3O3. The van der Waals surface area contributed by atoms with Crippen molar-refractivity contribution in [1.29, 1.82) is 0 Å². The molecule has 27 heavy (non-hydrogen) atoms. The summed E-state index contributed by atoms with van der Waals surface area (Å²) in [5.74, 6) is -0.00691. The Morgan fingerprint density at radius 3 is 2.81 bits per heavy atom. The molecular weight excluding hydrogens is 342 g/mol. The number of anilines is 1. The second-order valence-corrected chi connectivity index (χ2v) is 7.41. The van der Waals surface area contributed by atoms with Crippen molar-refractivity contribution in [3.63, 3.8) is 0 Å². The molecule has 1 aromatic heterocycles. The lowest BCUT2D eigenvalue weighted by Gasteiger charge is -2.43. The highest BCUT2D eigenvalue weighted by molar-refractivity contribution is 5.95. The quantitative estimate of drug-likeness (QED) is 0.831. The summed E-state index contributed by atoms with van der Waals surface area (Å²) < 4.78 is 11.9. The number of carbonyl (C=O) groups excluding carboxylic acids is 1. The molecule has 142 valence electrons. The first kappa shape index (κ1) is 18.1. The standard InChI is InChI=1S/C21H25N3O3/c1-17-4-6-19(7-5-17)24-15-21(27-13-20(24)25)14-23(9-10-26-16-21)12-18-3-2-8-22-11-18/h2-8,11H,9-10,12-16H2,1H3/t21-/m1/s1. The summed E-state index contributed by atoms with van der Waals surface area (Å²) in [5.41, 5.74) is 2.74. The van der Waals surface area contributed by atoms with Gasteiger partial charge in [0.2, 0.25) is 0 Å². The van der Waals surface area contributed by atoms with Crippen molar-refractivity contribution in [2.45, 2.75) is 19.1 Å². The van der Waals surface area contributed by atoms with Crippen molar-refractivity contribution in [2.24, 2.45) is 0 Å². The highest BCUT2D eigenvalue weighted by Crippen LogP contribution is 2.28. The Kier molecular flexibility index (Phi) is 5.20. The fourth-order valence-electron chi connectivity index (χ4n) is 3.73. The van der Waals surface area contributed by atoms with Crippen LogP contribution < -0.4 is 4.90 Å². The number of benzene rings is 1. The first-order chi connectivity index (χ1) is 13.1. The van der Waals surface area contributed by atoms with E-state index in [0.29, 0.717) is 19.8 Å². The molecule has 0 radical (unpaired) electrons. The Morgan fingerprint density at radius 2 is 2.04 bits per heavy atom. The maximum atomic E-state index is 12.5. The third-order valence-corrected chi connectivity index (χ3v) is 5.15. The van der Waals surface area contributed by atoms with Crippen molar-refractivity contribution in [3.05, 3.63) is 59.9 Å². The molecule has 4 rings (SSSR count). The van der Waals surface area contributed by atoms with E-state index < -0.39 is 5.60 Å². The maximum absolute atomic E-state index is 12.5. The van der Waals surface area contributed by atoms with Crippen molar-refractivity contribution in [3.8, 4) is 0 Å². The summed E-state index contributed by atoms with van der Waals surface area (Å²) in [7, 11) is 0. The molecule has 0 saturated carbocycles. The summed E-state index contributed by atoms with van der Waals surface area (Å²) in [6, 6.07) is 12.1. The molecule has 2 aliphatic rings. The molecule has 1 atom stereocenters. The van der Waals surface area contributed by atoms with Crippen molar-refractivity contribution in [2.75, 3.05) is 44.4 Å². The lowest BCUT2D eigenvalue weighted by Crippen LogP contribution is -2.60. The Labute approximate surface area is 159 Å². The molecule has 6 nitrogen and oxygen atoms in total. The minimum absolute atomic E-state index is 0.00691. The van der Waals surface area contributed by atoms with Gasteiger partial charge < -0.3 is 14.4 Å². The van der Waals surface area contributed by atoms with E-state index in [2.05, 4.69) is 16.0 Å². The summed E-state index contributed by atoms with van der Waals surface area (Å²) in [4.78, 5) is 20.9. The van der Waals surface area contributed by atoms with Gasteiger partial charge in [0.05, 0.1) is 19.8 Å². The molecule has 0 bridgehead atoms. The van der Waals surface area contributed by atoms with Gasteiger partial charge in [-0.1, -0.05) is 23.8 Å². The molecule has 2 aromatic rings. The predicted molar refractivity (Wildman–Crippen MR) is 103 cm³/mol. The van der Waals surface area contributed by atoms with Crippen molar-refractivity contribution < 1.29 is 14.3 Å². The SMILES string of the molecule is Cc1ccc(N2C[C@]3(COCCN(Cc4cccnc4)C3)OCC2=O)cc1. The predicted octanol–water partition coefficient (Wildman–Crippen LogP) is 2.02. The van der Waals surface area contributed by atoms with E-state index in [4.69, 9.17) is 9.47 Å². The molecule has 0 unspecified atom stereocenters. The minimum Gasteiger partial charge on any atom is -0.377 e. The Hall–Kier alpha value is -2.28. The van der Waals surface area contributed by atoms with Gasteiger partial charge in [0.1, 0.15) is 12.2 Å². The van der Waals surface area contributed by atoms with E-state index in [1.165, 1.54) is 5.56 Å². The number of pyridine rings is 1. The zero-order valence-corrected chi connectivity index (χ0v) is 15.6. The van der Waals surface area contributed by atoms with E-state index in [-0.39, 0.29) is 12.5 Å². The normalized spacial score (nSPS) is 24.2. The summed E-state index contributed by atoms with van der Waals surface area (Å²) in [6.07, 6.45) is 3.67. The van der Waals surface area contributed by atoms with Crippen LogP contribution in [-0.2, 0) is 20.8 Å². The van der Waals surface area contributed by atoms with E-state index in [1.807, 2.05) is 48.4 Å². The van der Waals surface area contributed by atoms with Gasteiger partial charge in [0.15, 0.2) is 0 Å². The van der Waals surface area contributed by atoms with Crippen molar-refractivity contribution >= 4 is 11.6 Å². The molecule has 1 aromatic carbocycles. The number of hydrogen-bond donors (Lipinski definition) is 0. The van der Waals surface area contributed by atoms with Gasteiger partial charge in [0.25, 0.3) is 5.91 Å².